The van der Waals surface area contributed by atoms with Crippen LogP contribution in [0.5, 0.6) is 0 Å². The van der Waals surface area contributed by atoms with Crippen molar-refractivity contribution < 1.29 is 8.78 Å². The van der Waals surface area contributed by atoms with E-state index < -0.39 is 6.43 Å². The second-order valence-corrected chi connectivity index (χ2v) is 4.29. The van der Waals surface area contributed by atoms with Gasteiger partial charge in [-0.3, -0.25) is 0 Å². The number of hydrogen-bond acceptors (Lipinski definition) is 1. The van der Waals surface area contributed by atoms with E-state index in [4.69, 9.17) is 23.2 Å². The average Bonchev–Trinajstić information content (AvgIpc) is 2.19. The maximum Gasteiger partial charge on any atom is 0.280 e. The minimum atomic E-state index is -2.65. The van der Waals surface area contributed by atoms with Gasteiger partial charge >= 0.3 is 0 Å². The Hall–Kier alpha value is -0.930. The summed E-state index contributed by atoms with van der Waals surface area (Å²) in [6.45, 7) is 1.85. The molecule has 0 aliphatic carbocycles. The van der Waals surface area contributed by atoms with Gasteiger partial charge in [-0.25, -0.2) is 13.8 Å². The van der Waals surface area contributed by atoms with E-state index in [2.05, 4.69) is 4.98 Å². The largest absolute Gasteiger partial charge is 0.280 e. The number of aryl methyl sites for hydroxylation is 1. The number of benzene rings is 1. The Bertz CT molecular complexity index is 555. The van der Waals surface area contributed by atoms with Crippen molar-refractivity contribution in [2.24, 2.45) is 0 Å². The maximum atomic E-state index is 12.5. The van der Waals surface area contributed by atoms with Crippen molar-refractivity contribution in [2.45, 2.75) is 13.3 Å². The highest BCUT2D eigenvalue weighted by atomic mass is 35.5. The lowest BCUT2D eigenvalue weighted by atomic mass is 10.1. The number of pyridine rings is 1. The summed E-state index contributed by atoms with van der Waals surface area (Å²) in [6.07, 6.45) is -2.65. The van der Waals surface area contributed by atoms with Crippen molar-refractivity contribution in [1.82, 2.24) is 4.98 Å². The van der Waals surface area contributed by atoms with Crippen LogP contribution in [0.2, 0.25) is 10.0 Å². The van der Waals surface area contributed by atoms with Crippen LogP contribution >= 0.6 is 23.2 Å². The molecule has 0 N–H and O–H groups in total. The Labute approximate surface area is 101 Å². The molecule has 2 rings (SSSR count). The minimum Gasteiger partial charge on any atom is -0.245 e. The number of rotatable bonds is 1. The van der Waals surface area contributed by atoms with Gasteiger partial charge in [0.05, 0.1) is 15.6 Å². The summed E-state index contributed by atoms with van der Waals surface area (Å²) >= 11 is 11.9. The summed E-state index contributed by atoms with van der Waals surface area (Å²) in [7, 11) is 0. The number of hydrogen-bond donors (Lipinski definition) is 0. The molecule has 0 saturated heterocycles. The second kappa shape index (κ2) is 4.15. The van der Waals surface area contributed by atoms with E-state index in [0.717, 1.165) is 5.56 Å². The molecule has 1 nitrogen and oxygen atoms in total. The van der Waals surface area contributed by atoms with E-state index >= 15 is 0 Å². The lowest BCUT2D eigenvalue weighted by Gasteiger charge is -2.07. The molecule has 1 aromatic heterocycles. The first kappa shape index (κ1) is 11.6. The maximum absolute atomic E-state index is 12.5. The molecular weight excluding hydrogens is 255 g/mol. The van der Waals surface area contributed by atoms with Gasteiger partial charge in [-0.05, 0) is 30.7 Å². The molecule has 0 aliphatic heterocycles. The number of nitrogens with zero attached hydrogens (tertiary/aromatic N) is 1. The fourth-order valence-electron chi connectivity index (χ4n) is 1.51. The van der Waals surface area contributed by atoms with Crippen LogP contribution in [0, 0.1) is 6.92 Å². The average molecular weight is 262 g/mol. The summed E-state index contributed by atoms with van der Waals surface area (Å²) in [5.74, 6) is 0. The summed E-state index contributed by atoms with van der Waals surface area (Å²) in [6, 6.07) is 4.61. The third-order valence-electron chi connectivity index (χ3n) is 2.20. The number of alkyl halides is 2. The zero-order chi connectivity index (χ0) is 11.9. The van der Waals surface area contributed by atoms with Crippen molar-refractivity contribution in [1.29, 1.82) is 0 Å². The van der Waals surface area contributed by atoms with Gasteiger partial charge in [0, 0.05) is 5.39 Å². The first-order chi connectivity index (χ1) is 7.49. The van der Waals surface area contributed by atoms with Crippen LogP contribution in [0.25, 0.3) is 10.9 Å². The molecule has 0 atom stereocenters. The third kappa shape index (κ3) is 1.97. The Balaban J connectivity index is 2.82. The molecular formula is C11H7Cl2F2N. The van der Waals surface area contributed by atoms with E-state index in [-0.39, 0.29) is 10.7 Å². The van der Waals surface area contributed by atoms with Crippen LogP contribution in [-0.2, 0) is 0 Å². The number of halogens is 4. The number of aromatic nitrogens is 1. The normalized spacial score (nSPS) is 11.4. The van der Waals surface area contributed by atoms with E-state index in [9.17, 15) is 8.78 Å². The van der Waals surface area contributed by atoms with Crippen LogP contribution in [0.1, 0.15) is 17.7 Å². The molecule has 16 heavy (non-hydrogen) atoms. The Kier molecular flexibility index (Phi) is 3.00. The molecule has 2 aromatic rings. The third-order valence-corrected chi connectivity index (χ3v) is 2.80. The quantitative estimate of drug-likeness (QED) is 0.720. The lowest BCUT2D eigenvalue weighted by Crippen LogP contribution is -1.92. The summed E-state index contributed by atoms with van der Waals surface area (Å²) in [4.78, 5) is 3.81. The Morgan fingerprint density at radius 2 is 1.81 bits per heavy atom. The monoisotopic (exact) mass is 261 g/mol. The standard InChI is InChI=1S/C11H7Cl2F2N/c1-5-2-6-7(12)4-9(11(14)15)16-10(6)8(13)3-5/h2-4,11H,1H3. The second-order valence-electron chi connectivity index (χ2n) is 3.47. The fraction of sp³-hybridized carbons (Fsp3) is 0.182. The fourth-order valence-corrected chi connectivity index (χ4v) is 2.08. The summed E-state index contributed by atoms with van der Waals surface area (Å²) in [5.41, 5.74) is 0.865. The van der Waals surface area contributed by atoms with Gasteiger partial charge in [0.2, 0.25) is 0 Å². The SMILES string of the molecule is Cc1cc(Cl)c2nc(C(F)F)cc(Cl)c2c1. The molecule has 0 amide bonds. The first-order valence-electron chi connectivity index (χ1n) is 4.53. The smallest absolute Gasteiger partial charge is 0.245 e. The van der Waals surface area contributed by atoms with Crippen molar-refractivity contribution >= 4 is 34.1 Å². The van der Waals surface area contributed by atoms with Crippen LogP contribution in [0.15, 0.2) is 18.2 Å². The predicted octanol–water partition coefficient (Wildman–Crippen LogP) is 4.79. The molecule has 84 valence electrons. The summed E-state index contributed by atoms with van der Waals surface area (Å²) < 4.78 is 25.0. The van der Waals surface area contributed by atoms with Crippen LogP contribution in [0.3, 0.4) is 0 Å². The molecule has 0 aliphatic rings. The van der Waals surface area contributed by atoms with E-state index in [0.29, 0.717) is 15.9 Å². The zero-order valence-corrected chi connectivity index (χ0v) is 9.78. The van der Waals surface area contributed by atoms with Crippen LogP contribution in [-0.4, -0.2) is 4.98 Å². The molecule has 5 heteroatoms. The highest BCUT2D eigenvalue weighted by molar-refractivity contribution is 6.39. The van der Waals surface area contributed by atoms with E-state index in [1.165, 1.54) is 6.07 Å². The van der Waals surface area contributed by atoms with Crippen molar-refractivity contribution in [2.75, 3.05) is 0 Å². The van der Waals surface area contributed by atoms with Gasteiger partial charge in [-0.1, -0.05) is 23.2 Å². The molecule has 0 spiro atoms. The Morgan fingerprint density at radius 1 is 1.12 bits per heavy atom. The van der Waals surface area contributed by atoms with Gasteiger partial charge in [-0.2, -0.15) is 0 Å². The molecule has 0 unspecified atom stereocenters. The highest BCUT2D eigenvalue weighted by Crippen LogP contribution is 2.32. The Morgan fingerprint density at radius 3 is 2.44 bits per heavy atom. The predicted molar refractivity (Wildman–Crippen MR) is 61.5 cm³/mol. The van der Waals surface area contributed by atoms with Crippen molar-refractivity contribution in [3.8, 4) is 0 Å². The number of fused-ring (bicyclic) bond motifs is 1. The van der Waals surface area contributed by atoms with Crippen LogP contribution < -0.4 is 0 Å². The molecule has 0 fully saturated rings. The first-order valence-corrected chi connectivity index (χ1v) is 5.29. The van der Waals surface area contributed by atoms with Crippen LogP contribution in [0.4, 0.5) is 8.78 Å². The molecule has 1 heterocycles. The lowest BCUT2D eigenvalue weighted by molar-refractivity contribution is 0.146. The van der Waals surface area contributed by atoms with E-state index in [1.807, 2.05) is 6.92 Å². The highest BCUT2D eigenvalue weighted by Gasteiger charge is 2.14. The molecule has 0 saturated carbocycles. The zero-order valence-electron chi connectivity index (χ0n) is 8.27. The van der Waals surface area contributed by atoms with Gasteiger partial charge < -0.3 is 0 Å². The molecule has 0 bridgehead atoms. The minimum absolute atomic E-state index is 0.242. The molecule has 1 aromatic carbocycles. The molecule has 0 radical (unpaired) electrons. The topological polar surface area (TPSA) is 12.9 Å². The van der Waals surface area contributed by atoms with Crippen molar-refractivity contribution in [3.05, 3.63) is 39.5 Å². The van der Waals surface area contributed by atoms with Gasteiger partial charge in [0.25, 0.3) is 6.43 Å². The van der Waals surface area contributed by atoms with Crippen molar-refractivity contribution in [3.63, 3.8) is 0 Å². The van der Waals surface area contributed by atoms with Gasteiger partial charge in [-0.15, -0.1) is 0 Å². The van der Waals surface area contributed by atoms with Gasteiger partial charge in [0.1, 0.15) is 5.69 Å². The van der Waals surface area contributed by atoms with E-state index in [1.54, 1.807) is 12.1 Å². The summed E-state index contributed by atoms with van der Waals surface area (Å²) in [5, 5.41) is 1.17. The van der Waals surface area contributed by atoms with Gasteiger partial charge in [0.15, 0.2) is 0 Å².